The Labute approximate surface area is 153 Å². The molecule has 0 radical (unpaired) electrons. The number of anilines is 1. The summed E-state index contributed by atoms with van der Waals surface area (Å²) in [5.41, 5.74) is 0.997. The summed E-state index contributed by atoms with van der Waals surface area (Å²) >= 11 is 1.37. The summed E-state index contributed by atoms with van der Waals surface area (Å²) in [7, 11) is 0. The van der Waals surface area contributed by atoms with E-state index in [0.29, 0.717) is 18.1 Å². The number of carbonyl (C=O) groups is 2. The van der Waals surface area contributed by atoms with Gasteiger partial charge in [-0.2, -0.15) is 0 Å². The van der Waals surface area contributed by atoms with Crippen LogP contribution in [0.1, 0.15) is 44.6 Å². The number of amides is 2. The van der Waals surface area contributed by atoms with Crippen molar-refractivity contribution in [3.8, 4) is 0 Å². The van der Waals surface area contributed by atoms with E-state index in [0.717, 1.165) is 18.4 Å². The minimum absolute atomic E-state index is 0.0106. The predicted molar refractivity (Wildman–Crippen MR) is 102 cm³/mol. The standard InChI is InChI=1S/C19H25N3O2S/c1-3-5-12-22(14-17(23)21-19-20-11-13-25-19)18(24)16(4-2)15-9-7-6-8-10-15/h6-11,13,16H,3-5,12,14H2,1-2H3,(H,20,21,23)/t16-/m1/s1. The van der Waals surface area contributed by atoms with Crippen molar-refractivity contribution in [1.82, 2.24) is 9.88 Å². The first-order chi connectivity index (χ1) is 12.2. The first kappa shape index (κ1) is 19.1. The molecule has 0 aliphatic rings. The van der Waals surface area contributed by atoms with Gasteiger partial charge in [0.05, 0.1) is 12.5 Å². The third-order valence-electron chi connectivity index (χ3n) is 4.01. The van der Waals surface area contributed by atoms with E-state index < -0.39 is 0 Å². The van der Waals surface area contributed by atoms with Gasteiger partial charge in [0.15, 0.2) is 5.13 Å². The second-order valence-corrected chi connectivity index (χ2v) is 6.76. The molecule has 1 aromatic carbocycles. The van der Waals surface area contributed by atoms with Crippen LogP contribution in [0.5, 0.6) is 0 Å². The van der Waals surface area contributed by atoms with Crippen molar-refractivity contribution in [3.05, 3.63) is 47.5 Å². The molecule has 1 aromatic heterocycles. The van der Waals surface area contributed by atoms with Crippen LogP contribution in [0.15, 0.2) is 41.9 Å². The minimum Gasteiger partial charge on any atom is -0.333 e. The summed E-state index contributed by atoms with van der Waals surface area (Å²) < 4.78 is 0. The molecule has 134 valence electrons. The van der Waals surface area contributed by atoms with Crippen molar-refractivity contribution >= 4 is 28.3 Å². The summed E-state index contributed by atoms with van der Waals surface area (Å²) in [5.74, 6) is -0.413. The van der Waals surface area contributed by atoms with Crippen molar-refractivity contribution in [2.24, 2.45) is 0 Å². The summed E-state index contributed by atoms with van der Waals surface area (Å²) in [4.78, 5) is 31.1. The van der Waals surface area contributed by atoms with Crippen LogP contribution >= 0.6 is 11.3 Å². The van der Waals surface area contributed by atoms with Crippen LogP contribution in [0.4, 0.5) is 5.13 Å². The van der Waals surface area contributed by atoms with Crippen LogP contribution in [0.25, 0.3) is 0 Å². The molecule has 0 saturated heterocycles. The van der Waals surface area contributed by atoms with E-state index in [1.54, 1.807) is 16.5 Å². The molecule has 1 N–H and O–H groups in total. The number of hydrogen-bond donors (Lipinski definition) is 1. The van der Waals surface area contributed by atoms with E-state index in [2.05, 4.69) is 17.2 Å². The van der Waals surface area contributed by atoms with Crippen molar-refractivity contribution in [1.29, 1.82) is 0 Å². The van der Waals surface area contributed by atoms with Gasteiger partial charge in [0, 0.05) is 18.1 Å². The lowest BCUT2D eigenvalue weighted by Gasteiger charge is -2.26. The lowest BCUT2D eigenvalue weighted by atomic mass is 9.95. The molecule has 0 aliphatic carbocycles. The number of nitrogens with zero attached hydrogens (tertiary/aromatic N) is 2. The third-order valence-corrected chi connectivity index (χ3v) is 4.70. The number of hydrogen-bond acceptors (Lipinski definition) is 4. The maximum Gasteiger partial charge on any atom is 0.245 e. The van der Waals surface area contributed by atoms with Crippen LogP contribution in [-0.4, -0.2) is 34.8 Å². The molecule has 6 heteroatoms. The van der Waals surface area contributed by atoms with Gasteiger partial charge in [-0.05, 0) is 18.4 Å². The highest BCUT2D eigenvalue weighted by atomic mass is 32.1. The Bertz CT molecular complexity index is 659. The Balaban J connectivity index is 2.08. The van der Waals surface area contributed by atoms with Crippen molar-refractivity contribution < 1.29 is 9.59 Å². The number of unbranched alkanes of at least 4 members (excludes halogenated alkanes) is 1. The molecule has 1 atom stereocenters. The van der Waals surface area contributed by atoms with Gasteiger partial charge in [-0.15, -0.1) is 11.3 Å². The Morgan fingerprint density at radius 1 is 1.24 bits per heavy atom. The largest absolute Gasteiger partial charge is 0.333 e. The maximum absolute atomic E-state index is 13.1. The van der Waals surface area contributed by atoms with Crippen LogP contribution < -0.4 is 5.32 Å². The highest BCUT2D eigenvalue weighted by molar-refractivity contribution is 7.13. The molecule has 5 nitrogen and oxygen atoms in total. The molecule has 2 rings (SSSR count). The third kappa shape index (κ3) is 5.67. The second-order valence-electron chi connectivity index (χ2n) is 5.87. The fourth-order valence-electron chi connectivity index (χ4n) is 2.69. The van der Waals surface area contributed by atoms with Crippen LogP contribution in [0.3, 0.4) is 0 Å². The highest BCUT2D eigenvalue weighted by Gasteiger charge is 2.25. The average Bonchev–Trinajstić information content (AvgIpc) is 3.13. The normalized spacial score (nSPS) is 11.8. The number of nitrogens with one attached hydrogen (secondary N) is 1. The molecule has 2 aromatic rings. The van der Waals surface area contributed by atoms with Gasteiger partial charge >= 0.3 is 0 Å². The lowest BCUT2D eigenvalue weighted by molar-refractivity contribution is -0.136. The van der Waals surface area contributed by atoms with E-state index in [1.807, 2.05) is 37.3 Å². The van der Waals surface area contributed by atoms with Crippen molar-refractivity contribution in [3.63, 3.8) is 0 Å². The summed E-state index contributed by atoms with van der Waals surface area (Å²) in [6.07, 6.45) is 4.20. The Morgan fingerprint density at radius 2 is 2.00 bits per heavy atom. The molecule has 0 bridgehead atoms. The zero-order valence-corrected chi connectivity index (χ0v) is 15.6. The lowest BCUT2D eigenvalue weighted by Crippen LogP contribution is -2.41. The van der Waals surface area contributed by atoms with E-state index in [4.69, 9.17) is 0 Å². The molecule has 0 saturated carbocycles. The van der Waals surface area contributed by atoms with Gasteiger partial charge in [0.1, 0.15) is 0 Å². The first-order valence-corrected chi connectivity index (χ1v) is 9.56. The molecule has 0 spiro atoms. The SMILES string of the molecule is CCCCN(CC(=O)Nc1nccs1)C(=O)[C@H](CC)c1ccccc1. The first-order valence-electron chi connectivity index (χ1n) is 8.68. The number of thiazole rings is 1. The molecule has 0 fully saturated rings. The summed E-state index contributed by atoms with van der Waals surface area (Å²) in [6, 6.07) is 9.77. The molecule has 1 heterocycles. The molecule has 2 amide bonds. The second kappa shape index (κ2) is 9.93. The fourth-order valence-corrected chi connectivity index (χ4v) is 3.24. The Morgan fingerprint density at radius 3 is 2.60 bits per heavy atom. The van der Waals surface area contributed by atoms with E-state index in [1.165, 1.54) is 11.3 Å². The van der Waals surface area contributed by atoms with Crippen LogP contribution in [0, 0.1) is 0 Å². The molecular formula is C19H25N3O2S. The number of carbonyl (C=O) groups excluding carboxylic acids is 2. The number of benzene rings is 1. The van der Waals surface area contributed by atoms with Gasteiger partial charge in [-0.1, -0.05) is 50.6 Å². The van der Waals surface area contributed by atoms with Crippen molar-refractivity contribution in [2.75, 3.05) is 18.4 Å². The van der Waals surface area contributed by atoms with Gasteiger partial charge in [0.2, 0.25) is 11.8 Å². The van der Waals surface area contributed by atoms with Gasteiger partial charge < -0.3 is 10.2 Å². The van der Waals surface area contributed by atoms with Crippen LogP contribution in [-0.2, 0) is 9.59 Å². The summed E-state index contributed by atoms with van der Waals surface area (Å²) in [5, 5.41) is 5.12. The fraction of sp³-hybridized carbons (Fsp3) is 0.421. The molecule has 25 heavy (non-hydrogen) atoms. The van der Waals surface area contributed by atoms with Crippen LogP contribution in [0.2, 0.25) is 0 Å². The zero-order valence-electron chi connectivity index (χ0n) is 14.8. The maximum atomic E-state index is 13.1. The van der Waals surface area contributed by atoms with Gasteiger partial charge in [-0.3, -0.25) is 9.59 Å². The van der Waals surface area contributed by atoms with Gasteiger partial charge in [0.25, 0.3) is 0 Å². The predicted octanol–water partition coefficient (Wildman–Crippen LogP) is 3.90. The Hall–Kier alpha value is -2.21. The smallest absolute Gasteiger partial charge is 0.245 e. The molecular weight excluding hydrogens is 334 g/mol. The Kier molecular flexibility index (Phi) is 7.60. The number of rotatable bonds is 9. The molecule has 0 aliphatic heterocycles. The van der Waals surface area contributed by atoms with E-state index in [9.17, 15) is 9.59 Å². The monoisotopic (exact) mass is 359 g/mol. The summed E-state index contributed by atoms with van der Waals surface area (Å²) in [6.45, 7) is 4.72. The zero-order chi connectivity index (χ0) is 18.1. The van der Waals surface area contributed by atoms with E-state index >= 15 is 0 Å². The quantitative estimate of drug-likeness (QED) is 0.738. The van der Waals surface area contributed by atoms with Gasteiger partial charge in [-0.25, -0.2) is 4.98 Å². The topological polar surface area (TPSA) is 62.3 Å². The number of aromatic nitrogens is 1. The minimum atomic E-state index is -0.217. The molecule has 0 unspecified atom stereocenters. The highest BCUT2D eigenvalue weighted by Crippen LogP contribution is 2.22. The van der Waals surface area contributed by atoms with E-state index in [-0.39, 0.29) is 24.3 Å². The average molecular weight is 359 g/mol. The van der Waals surface area contributed by atoms with Crippen molar-refractivity contribution in [2.45, 2.75) is 39.0 Å².